The topological polar surface area (TPSA) is 138 Å². The van der Waals surface area contributed by atoms with Gasteiger partial charge in [-0.1, -0.05) is 20.8 Å². The molecule has 4 aliphatic carbocycles. The molecule has 0 aromatic rings. The molecule has 0 unspecified atom stereocenters. The Morgan fingerprint density at radius 1 is 1.03 bits per heavy atom. The highest BCUT2D eigenvalue weighted by Gasteiger charge is 2.70. The van der Waals surface area contributed by atoms with E-state index in [1.165, 1.54) is 0 Å². The molecule has 4 saturated carbocycles. The van der Waals surface area contributed by atoms with E-state index in [9.17, 15) is 30.3 Å². The van der Waals surface area contributed by atoms with E-state index in [0.29, 0.717) is 19.3 Å². The molecule has 7 nitrogen and oxygen atoms in total. The highest BCUT2D eigenvalue weighted by Crippen LogP contribution is 2.70. The fourth-order valence-corrected chi connectivity index (χ4v) is 8.69. The number of carboxylic acid groups (broad SMARTS) is 1. The van der Waals surface area contributed by atoms with E-state index in [2.05, 4.69) is 6.92 Å². The maximum Gasteiger partial charge on any atom is 0.303 e. The smallest absolute Gasteiger partial charge is 0.303 e. The van der Waals surface area contributed by atoms with Gasteiger partial charge in [0, 0.05) is 31.1 Å². The number of fused-ring (bicyclic) bond motifs is 5. The summed E-state index contributed by atoms with van der Waals surface area (Å²) in [5.41, 5.74) is -1.08. The Labute approximate surface area is 184 Å². The molecule has 0 bridgehead atoms. The average molecular weight is 441 g/mol. The summed E-state index contributed by atoms with van der Waals surface area (Å²) >= 11 is 0. The van der Waals surface area contributed by atoms with Crippen LogP contribution in [0, 0.1) is 46.3 Å². The van der Waals surface area contributed by atoms with Gasteiger partial charge < -0.3 is 30.6 Å². The third kappa shape index (κ3) is 3.46. The number of carboxylic acids is 1. The standard InChI is InChI=1S/C24H40O7/c1-13(4-7-19(26)27)15-5-6-16-20-17(12-24(30,31)22(15,16)3)21(2)8-9-23(28,29)11-14(21)10-18(20)25/h13-18,20,25,28-31H,4-12H2,1-3H3,(H,26,27)/t13-,14-,15-,16+,17+,18-,20+,21+,22-/m1/s1. The van der Waals surface area contributed by atoms with Gasteiger partial charge in [-0.25, -0.2) is 0 Å². The third-order valence-corrected chi connectivity index (χ3v) is 10.5. The van der Waals surface area contributed by atoms with E-state index in [1.807, 2.05) is 13.8 Å². The van der Waals surface area contributed by atoms with E-state index in [0.717, 1.165) is 12.8 Å². The van der Waals surface area contributed by atoms with Crippen LogP contribution >= 0.6 is 0 Å². The second-order valence-electron chi connectivity index (χ2n) is 11.9. The summed E-state index contributed by atoms with van der Waals surface area (Å²) in [5, 5.41) is 63.8. The van der Waals surface area contributed by atoms with Crippen LogP contribution in [0.2, 0.25) is 0 Å². The summed E-state index contributed by atoms with van der Waals surface area (Å²) in [5.74, 6) is -4.71. The van der Waals surface area contributed by atoms with E-state index in [-0.39, 0.29) is 66.6 Å². The summed E-state index contributed by atoms with van der Waals surface area (Å²) in [6.45, 7) is 6.09. The molecule has 0 aliphatic heterocycles. The number of rotatable bonds is 4. The lowest BCUT2D eigenvalue weighted by Gasteiger charge is -2.65. The third-order valence-electron chi connectivity index (χ3n) is 10.5. The van der Waals surface area contributed by atoms with Gasteiger partial charge in [-0.05, 0) is 73.0 Å². The van der Waals surface area contributed by atoms with E-state index in [4.69, 9.17) is 5.11 Å². The van der Waals surface area contributed by atoms with Gasteiger partial charge in [0.25, 0.3) is 0 Å². The van der Waals surface area contributed by atoms with E-state index >= 15 is 0 Å². The number of carbonyl (C=O) groups is 1. The predicted octanol–water partition coefficient (Wildman–Crippen LogP) is 2.09. The van der Waals surface area contributed by atoms with Crippen LogP contribution in [0.3, 0.4) is 0 Å². The molecule has 31 heavy (non-hydrogen) atoms. The van der Waals surface area contributed by atoms with Crippen molar-refractivity contribution in [1.82, 2.24) is 0 Å². The van der Waals surface area contributed by atoms with Crippen molar-refractivity contribution in [2.24, 2.45) is 46.3 Å². The number of aliphatic hydroxyl groups excluding tert-OH is 1. The molecule has 0 saturated heterocycles. The van der Waals surface area contributed by atoms with Crippen molar-refractivity contribution in [3.63, 3.8) is 0 Å². The fraction of sp³-hybridized carbons (Fsp3) is 0.958. The molecule has 9 atom stereocenters. The summed E-state index contributed by atoms with van der Waals surface area (Å²) < 4.78 is 0. The van der Waals surface area contributed by atoms with Gasteiger partial charge in [0.05, 0.1) is 6.10 Å². The molecule has 4 rings (SSSR count). The highest BCUT2D eigenvalue weighted by molar-refractivity contribution is 5.66. The van der Waals surface area contributed by atoms with Crippen LogP contribution in [-0.4, -0.2) is 54.3 Å². The largest absolute Gasteiger partial charge is 0.481 e. The van der Waals surface area contributed by atoms with Gasteiger partial charge >= 0.3 is 5.97 Å². The van der Waals surface area contributed by atoms with Gasteiger partial charge in [0.2, 0.25) is 0 Å². The minimum Gasteiger partial charge on any atom is -0.481 e. The Morgan fingerprint density at radius 3 is 2.35 bits per heavy atom. The van der Waals surface area contributed by atoms with Crippen molar-refractivity contribution in [1.29, 1.82) is 0 Å². The Kier molecular flexibility index (Phi) is 5.58. The lowest BCUT2D eigenvalue weighted by molar-refractivity contribution is -0.333. The molecule has 4 fully saturated rings. The summed E-state index contributed by atoms with van der Waals surface area (Å²) in [6, 6.07) is 0. The molecule has 0 heterocycles. The maximum absolute atomic E-state index is 11.5. The minimum atomic E-state index is -1.91. The Bertz CT molecular complexity index is 721. The summed E-state index contributed by atoms with van der Waals surface area (Å²) in [7, 11) is 0. The van der Waals surface area contributed by atoms with E-state index in [1.54, 1.807) is 0 Å². The average Bonchev–Trinajstić information content (AvgIpc) is 3.01. The number of hydrogen-bond acceptors (Lipinski definition) is 6. The quantitative estimate of drug-likeness (QED) is 0.368. The van der Waals surface area contributed by atoms with Crippen molar-refractivity contribution in [2.75, 3.05) is 0 Å². The predicted molar refractivity (Wildman–Crippen MR) is 112 cm³/mol. The van der Waals surface area contributed by atoms with Crippen molar-refractivity contribution >= 4 is 5.97 Å². The first-order valence-electron chi connectivity index (χ1n) is 12.0. The van der Waals surface area contributed by atoms with Gasteiger partial charge in [0.15, 0.2) is 11.6 Å². The van der Waals surface area contributed by atoms with Crippen LogP contribution in [0.1, 0.15) is 78.6 Å². The first-order valence-corrected chi connectivity index (χ1v) is 12.0. The molecule has 6 N–H and O–H groups in total. The lowest BCUT2D eigenvalue weighted by Crippen LogP contribution is -2.67. The molecule has 0 aromatic carbocycles. The zero-order valence-electron chi connectivity index (χ0n) is 19.0. The normalized spacial score (nSPS) is 48.9. The number of hydrogen-bond donors (Lipinski definition) is 6. The first-order chi connectivity index (χ1) is 14.2. The molecular weight excluding hydrogens is 400 g/mol. The molecule has 178 valence electrons. The number of aliphatic hydroxyl groups is 5. The number of aliphatic carboxylic acids is 1. The SMILES string of the molecule is C[C@H](CCC(=O)O)[C@H]1CC[C@H]2[C@@H]3[C@H](O)C[C@@H]4CC(O)(O)CC[C@]4(C)[C@H]3CC(O)(O)[C@]12C. The first kappa shape index (κ1) is 23.4. The zero-order chi connectivity index (χ0) is 23.0. The van der Waals surface area contributed by atoms with Crippen LogP contribution < -0.4 is 0 Å². The molecule has 4 aliphatic rings. The monoisotopic (exact) mass is 440 g/mol. The molecular formula is C24H40O7. The second kappa shape index (κ2) is 7.39. The van der Waals surface area contributed by atoms with Crippen molar-refractivity contribution in [2.45, 2.75) is 96.2 Å². The minimum absolute atomic E-state index is 0.0144. The maximum atomic E-state index is 11.5. The van der Waals surface area contributed by atoms with Gasteiger partial charge in [-0.2, -0.15) is 0 Å². The molecule has 0 aromatic heterocycles. The van der Waals surface area contributed by atoms with E-state index < -0.39 is 29.1 Å². The molecule has 0 amide bonds. The van der Waals surface area contributed by atoms with Gasteiger partial charge in [-0.3, -0.25) is 4.79 Å². The molecule has 7 heteroatoms. The Balaban J connectivity index is 1.66. The Morgan fingerprint density at radius 2 is 1.71 bits per heavy atom. The van der Waals surface area contributed by atoms with Crippen LogP contribution in [0.5, 0.6) is 0 Å². The van der Waals surface area contributed by atoms with Gasteiger partial charge in [-0.15, -0.1) is 0 Å². The molecule has 0 radical (unpaired) electrons. The molecule has 0 spiro atoms. The second-order valence-corrected chi connectivity index (χ2v) is 11.9. The van der Waals surface area contributed by atoms with Crippen LogP contribution in [0.15, 0.2) is 0 Å². The van der Waals surface area contributed by atoms with Crippen LogP contribution in [0.4, 0.5) is 0 Å². The Hall–Kier alpha value is -0.730. The van der Waals surface area contributed by atoms with Crippen molar-refractivity contribution < 1.29 is 35.4 Å². The zero-order valence-corrected chi connectivity index (χ0v) is 19.0. The van der Waals surface area contributed by atoms with Crippen molar-refractivity contribution in [3.05, 3.63) is 0 Å². The summed E-state index contributed by atoms with van der Waals surface area (Å²) in [6.07, 6.45) is 3.31. The lowest BCUT2D eigenvalue weighted by atomic mass is 9.42. The fourth-order valence-electron chi connectivity index (χ4n) is 8.69. The summed E-state index contributed by atoms with van der Waals surface area (Å²) in [4.78, 5) is 11.1. The van der Waals surface area contributed by atoms with Crippen molar-refractivity contribution in [3.8, 4) is 0 Å². The van der Waals surface area contributed by atoms with Crippen LogP contribution in [-0.2, 0) is 4.79 Å². The highest BCUT2D eigenvalue weighted by atomic mass is 16.5. The van der Waals surface area contributed by atoms with Gasteiger partial charge in [0.1, 0.15) is 0 Å². The van der Waals surface area contributed by atoms with Crippen LogP contribution in [0.25, 0.3) is 0 Å².